The Morgan fingerprint density at radius 2 is 2.04 bits per heavy atom. The van der Waals surface area contributed by atoms with Gasteiger partial charge in [0.15, 0.2) is 16.6 Å². The molecular formula is C15H13F3N2O3S. The predicted octanol–water partition coefficient (Wildman–Crippen LogP) is 3.08. The Hall–Kier alpha value is -2.29. The van der Waals surface area contributed by atoms with E-state index in [1.54, 1.807) is 25.1 Å². The molecule has 0 fully saturated rings. The number of H-pyrrole nitrogens is 1. The fourth-order valence-corrected chi connectivity index (χ4v) is 2.66. The summed E-state index contributed by atoms with van der Waals surface area (Å²) in [6.45, 7) is 1.80. The molecular weight excluding hydrogens is 345 g/mol. The zero-order chi connectivity index (χ0) is 17.9. The van der Waals surface area contributed by atoms with Crippen molar-refractivity contribution in [3.63, 3.8) is 0 Å². The highest BCUT2D eigenvalue weighted by Gasteiger charge is 2.33. The van der Waals surface area contributed by atoms with Gasteiger partial charge in [-0.2, -0.15) is 13.2 Å². The summed E-state index contributed by atoms with van der Waals surface area (Å²) >= 11 is 0.721. The zero-order valence-electron chi connectivity index (χ0n) is 12.7. The number of nitrogens with zero attached hydrogens (tertiary/aromatic N) is 1. The number of thioether (sulfide) groups is 1. The number of hydrogen-bond donors (Lipinski definition) is 1. The summed E-state index contributed by atoms with van der Waals surface area (Å²) in [5.74, 6) is -0.165. The molecule has 1 aromatic heterocycles. The number of carbonyl (C=O) groups is 1. The first-order valence-electron chi connectivity index (χ1n) is 6.70. The van der Waals surface area contributed by atoms with Crippen LogP contribution in [-0.2, 0) is 6.18 Å². The monoisotopic (exact) mass is 358 g/mol. The number of halogens is 3. The summed E-state index contributed by atoms with van der Waals surface area (Å²) in [5, 5.41) is -0.269. The molecule has 1 aromatic carbocycles. The van der Waals surface area contributed by atoms with Crippen LogP contribution in [0.5, 0.6) is 5.75 Å². The highest BCUT2D eigenvalue weighted by Crippen LogP contribution is 2.28. The number of alkyl halides is 3. The average molecular weight is 358 g/mol. The molecule has 1 heterocycles. The minimum Gasteiger partial charge on any atom is -0.496 e. The molecule has 1 N–H and O–H groups in total. The van der Waals surface area contributed by atoms with E-state index >= 15 is 0 Å². The molecule has 24 heavy (non-hydrogen) atoms. The highest BCUT2D eigenvalue weighted by atomic mass is 32.2. The second-order valence-electron chi connectivity index (χ2n) is 4.85. The molecule has 0 atom stereocenters. The number of rotatable bonds is 5. The molecule has 0 aliphatic carbocycles. The number of methoxy groups -OCH3 is 1. The highest BCUT2D eigenvalue weighted by molar-refractivity contribution is 7.99. The normalized spacial score (nSPS) is 11.4. The van der Waals surface area contributed by atoms with Gasteiger partial charge in [0.2, 0.25) is 0 Å². The Morgan fingerprint density at radius 3 is 2.67 bits per heavy atom. The maximum atomic E-state index is 12.6. The van der Waals surface area contributed by atoms with Gasteiger partial charge >= 0.3 is 6.18 Å². The van der Waals surface area contributed by atoms with Crippen molar-refractivity contribution in [3.8, 4) is 5.75 Å². The SMILES string of the molecule is COc1ccc(C)cc1C(=O)CSc1nc(C(F)(F)F)cc(=O)[nH]1. The average Bonchev–Trinajstić information content (AvgIpc) is 2.51. The molecule has 128 valence electrons. The largest absolute Gasteiger partial charge is 0.496 e. The van der Waals surface area contributed by atoms with E-state index in [1.165, 1.54) is 7.11 Å². The van der Waals surface area contributed by atoms with Crippen molar-refractivity contribution < 1.29 is 22.7 Å². The number of aromatic nitrogens is 2. The first kappa shape index (κ1) is 18.1. The summed E-state index contributed by atoms with van der Waals surface area (Å²) < 4.78 is 43.0. The van der Waals surface area contributed by atoms with Gasteiger partial charge < -0.3 is 9.72 Å². The Morgan fingerprint density at radius 1 is 1.33 bits per heavy atom. The molecule has 0 unspecified atom stereocenters. The van der Waals surface area contributed by atoms with Crippen LogP contribution < -0.4 is 10.3 Å². The number of benzene rings is 1. The van der Waals surface area contributed by atoms with E-state index in [-0.39, 0.29) is 16.7 Å². The van der Waals surface area contributed by atoms with Gasteiger partial charge in [-0.3, -0.25) is 9.59 Å². The Bertz CT molecular complexity index is 818. The standard InChI is InChI=1S/C15H13F3N2O3S/c1-8-3-4-11(23-2)9(5-8)10(21)7-24-14-19-12(15(16,17)18)6-13(22)20-14/h3-6H,7H2,1-2H3,(H,19,20,22). The quantitative estimate of drug-likeness (QED) is 0.505. The van der Waals surface area contributed by atoms with E-state index in [4.69, 9.17) is 4.74 Å². The molecule has 5 nitrogen and oxygen atoms in total. The summed E-state index contributed by atoms with van der Waals surface area (Å²) in [6.07, 6.45) is -4.73. The van der Waals surface area contributed by atoms with Crippen LogP contribution >= 0.6 is 11.8 Å². The number of aryl methyl sites for hydroxylation is 1. The second kappa shape index (κ2) is 7.08. The molecule has 0 aliphatic rings. The van der Waals surface area contributed by atoms with Crippen LogP contribution in [0.3, 0.4) is 0 Å². The van der Waals surface area contributed by atoms with Crippen molar-refractivity contribution >= 4 is 17.5 Å². The smallest absolute Gasteiger partial charge is 0.433 e. The second-order valence-corrected chi connectivity index (χ2v) is 5.81. The minimum atomic E-state index is -4.73. The third-order valence-electron chi connectivity index (χ3n) is 3.01. The Balaban J connectivity index is 2.20. The molecule has 0 spiro atoms. The van der Waals surface area contributed by atoms with Crippen LogP contribution in [0.2, 0.25) is 0 Å². The number of ketones is 1. The molecule has 0 amide bonds. The van der Waals surface area contributed by atoms with Crippen molar-refractivity contribution in [1.82, 2.24) is 9.97 Å². The van der Waals surface area contributed by atoms with Crippen molar-refractivity contribution in [1.29, 1.82) is 0 Å². The van der Waals surface area contributed by atoms with Crippen LogP contribution in [-0.4, -0.2) is 28.6 Å². The topological polar surface area (TPSA) is 72.0 Å². The molecule has 0 bridgehead atoms. The van der Waals surface area contributed by atoms with Gasteiger partial charge in [-0.1, -0.05) is 23.4 Å². The Kier molecular flexibility index (Phi) is 5.33. The summed E-state index contributed by atoms with van der Waals surface area (Å²) in [5.41, 5.74) is -1.07. The van der Waals surface area contributed by atoms with Crippen LogP contribution in [0.4, 0.5) is 13.2 Å². The first-order valence-corrected chi connectivity index (χ1v) is 7.68. The van der Waals surface area contributed by atoms with Gasteiger partial charge in [-0.15, -0.1) is 0 Å². The van der Waals surface area contributed by atoms with Crippen LogP contribution in [0, 0.1) is 6.92 Å². The van der Waals surface area contributed by atoms with Gasteiger partial charge in [-0.25, -0.2) is 4.98 Å². The number of carbonyl (C=O) groups excluding carboxylic acids is 1. The Labute approximate surface area is 139 Å². The summed E-state index contributed by atoms with van der Waals surface area (Å²) in [6, 6.07) is 5.41. The van der Waals surface area contributed by atoms with E-state index in [9.17, 15) is 22.8 Å². The van der Waals surface area contributed by atoms with Crippen LogP contribution in [0.1, 0.15) is 21.6 Å². The van der Waals surface area contributed by atoms with Gasteiger partial charge in [-0.05, 0) is 19.1 Å². The number of nitrogens with one attached hydrogen (secondary N) is 1. The van der Waals surface area contributed by atoms with Crippen LogP contribution in [0.15, 0.2) is 34.2 Å². The zero-order valence-corrected chi connectivity index (χ0v) is 13.5. The fraction of sp³-hybridized carbons (Fsp3) is 0.267. The van der Waals surface area contributed by atoms with Gasteiger partial charge in [0.25, 0.3) is 5.56 Å². The van der Waals surface area contributed by atoms with Gasteiger partial charge in [0.1, 0.15) is 5.75 Å². The molecule has 0 radical (unpaired) electrons. The number of aromatic amines is 1. The fourth-order valence-electron chi connectivity index (χ4n) is 1.90. The number of hydrogen-bond acceptors (Lipinski definition) is 5. The summed E-state index contributed by atoms with van der Waals surface area (Å²) in [7, 11) is 1.42. The molecule has 9 heteroatoms. The van der Waals surface area contributed by atoms with Gasteiger partial charge in [0, 0.05) is 6.07 Å². The maximum Gasteiger partial charge on any atom is 0.433 e. The van der Waals surface area contributed by atoms with E-state index in [2.05, 4.69) is 9.97 Å². The molecule has 2 rings (SSSR count). The number of ether oxygens (including phenoxy) is 1. The predicted molar refractivity (Wildman–Crippen MR) is 82.6 cm³/mol. The lowest BCUT2D eigenvalue weighted by atomic mass is 10.1. The maximum absolute atomic E-state index is 12.6. The number of Topliss-reactive ketones (excluding diaryl/α,β-unsaturated/α-hetero) is 1. The molecule has 0 saturated carbocycles. The lowest BCUT2D eigenvalue weighted by molar-refractivity contribution is -0.141. The van der Waals surface area contributed by atoms with Gasteiger partial charge in [0.05, 0.1) is 18.4 Å². The molecule has 0 saturated heterocycles. The van der Waals surface area contributed by atoms with Crippen molar-refractivity contribution in [3.05, 3.63) is 51.4 Å². The van der Waals surface area contributed by atoms with E-state index in [0.29, 0.717) is 17.4 Å². The van der Waals surface area contributed by atoms with E-state index in [1.807, 2.05) is 0 Å². The third-order valence-corrected chi connectivity index (χ3v) is 3.88. The van der Waals surface area contributed by atoms with Crippen LogP contribution in [0.25, 0.3) is 0 Å². The summed E-state index contributed by atoms with van der Waals surface area (Å²) in [4.78, 5) is 29.1. The minimum absolute atomic E-state index is 0.190. The van der Waals surface area contributed by atoms with Crippen molar-refractivity contribution in [2.45, 2.75) is 18.3 Å². The van der Waals surface area contributed by atoms with Crippen molar-refractivity contribution in [2.24, 2.45) is 0 Å². The first-order chi connectivity index (χ1) is 11.2. The third kappa shape index (κ3) is 4.38. The lowest BCUT2D eigenvalue weighted by Gasteiger charge is -2.09. The lowest BCUT2D eigenvalue weighted by Crippen LogP contribution is -2.17. The van der Waals surface area contributed by atoms with E-state index < -0.39 is 17.4 Å². The molecule has 2 aromatic rings. The van der Waals surface area contributed by atoms with E-state index in [0.717, 1.165) is 17.3 Å². The molecule has 0 aliphatic heterocycles. The van der Waals surface area contributed by atoms with Crippen molar-refractivity contribution in [2.75, 3.05) is 12.9 Å².